The van der Waals surface area contributed by atoms with Crippen LogP contribution >= 0.6 is 11.3 Å². The summed E-state index contributed by atoms with van der Waals surface area (Å²) in [6, 6.07) is 0. The van der Waals surface area contributed by atoms with E-state index in [0.717, 1.165) is 18.7 Å². The number of ether oxygens (including phenoxy) is 1. The quantitative estimate of drug-likeness (QED) is 0.812. The second-order valence-corrected chi connectivity index (χ2v) is 4.81. The van der Waals surface area contributed by atoms with Crippen LogP contribution in [-0.2, 0) is 17.9 Å². The highest BCUT2D eigenvalue weighted by molar-refractivity contribution is 7.11. The van der Waals surface area contributed by atoms with Crippen molar-refractivity contribution in [1.82, 2.24) is 10.3 Å². The number of nitrogens with zero attached hydrogens (tertiary/aromatic N) is 1. The molecule has 1 aromatic rings. The number of hydrogen-bond donors (Lipinski definition) is 1. The van der Waals surface area contributed by atoms with Crippen LogP contribution in [0.4, 0.5) is 0 Å². The fourth-order valence-electron chi connectivity index (χ4n) is 1.34. The van der Waals surface area contributed by atoms with E-state index in [1.54, 1.807) is 18.4 Å². The number of aromatic nitrogens is 1. The van der Waals surface area contributed by atoms with Gasteiger partial charge in [0.1, 0.15) is 0 Å². The Kier molecular flexibility index (Phi) is 5.22. The molecule has 0 saturated carbocycles. The number of hydrogen-bond acceptors (Lipinski definition) is 4. The second-order valence-electron chi connectivity index (χ2n) is 3.69. The smallest absolute Gasteiger partial charge is 0.0960 e. The molecule has 0 aliphatic rings. The van der Waals surface area contributed by atoms with Crippen molar-refractivity contribution in [3.05, 3.63) is 15.6 Å². The molecule has 3 nitrogen and oxygen atoms in total. The third-order valence-electron chi connectivity index (χ3n) is 2.45. The summed E-state index contributed by atoms with van der Waals surface area (Å²) < 4.78 is 5.16. The van der Waals surface area contributed by atoms with Gasteiger partial charge in [0, 0.05) is 24.4 Å². The van der Waals surface area contributed by atoms with E-state index in [2.05, 4.69) is 24.1 Å². The lowest BCUT2D eigenvalue weighted by Crippen LogP contribution is -2.06. The van der Waals surface area contributed by atoms with Crippen molar-refractivity contribution in [2.24, 2.45) is 0 Å². The van der Waals surface area contributed by atoms with E-state index >= 15 is 0 Å². The predicted molar refractivity (Wildman–Crippen MR) is 64.3 cm³/mol. The van der Waals surface area contributed by atoms with Crippen LogP contribution in [-0.4, -0.2) is 19.1 Å². The van der Waals surface area contributed by atoms with E-state index < -0.39 is 0 Å². The topological polar surface area (TPSA) is 34.1 Å². The fourth-order valence-corrected chi connectivity index (χ4v) is 2.55. The normalized spacial score (nSPS) is 13.1. The Bertz CT molecular complexity index is 275. The molecule has 1 aromatic heterocycles. The molecular formula is C11H20N2OS. The molecule has 1 N–H and O–H groups in total. The van der Waals surface area contributed by atoms with Gasteiger partial charge in [0.2, 0.25) is 0 Å². The molecule has 1 heterocycles. The molecule has 15 heavy (non-hydrogen) atoms. The van der Waals surface area contributed by atoms with Gasteiger partial charge in [0.25, 0.3) is 0 Å². The zero-order valence-electron chi connectivity index (χ0n) is 9.96. The molecule has 4 heteroatoms. The highest BCUT2D eigenvalue weighted by Gasteiger charge is 2.13. The van der Waals surface area contributed by atoms with Gasteiger partial charge in [-0.05, 0) is 13.5 Å². The van der Waals surface area contributed by atoms with Crippen LogP contribution in [0, 0.1) is 0 Å². The van der Waals surface area contributed by atoms with Gasteiger partial charge in [-0.1, -0.05) is 13.8 Å². The van der Waals surface area contributed by atoms with E-state index in [-0.39, 0.29) is 0 Å². The molecule has 0 aliphatic carbocycles. The summed E-state index contributed by atoms with van der Waals surface area (Å²) in [6.07, 6.45) is 1.14. The zero-order valence-corrected chi connectivity index (χ0v) is 10.8. The molecule has 1 unspecified atom stereocenters. The maximum Gasteiger partial charge on any atom is 0.0960 e. The summed E-state index contributed by atoms with van der Waals surface area (Å²) in [5.74, 6) is 0.552. The van der Waals surface area contributed by atoms with E-state index in [9.17, 15) is 0 Å². The molecule has 0 aromatic carbocycles. The van der Waals surface area contributed by atoms with Crippen LogP contribution in [0.25, 0.3) is 0 Å². The lowest BCUT2D eigenvalue weighted by Gasteiger charge is -2.01. The molecule has 0 amide bonds. The van der Waals surface area contributed by atoms with E-state index in [0.29, 0.717) is 12.5 Å². The number of methoxy groups -OCH3 is 1. The first-order valence-electron chi connectivity index (χ1n) is 5.34. The minimum atomic E-state index is 0.552. The van der Waals surface area contributed by atoms with Crippen molar-refractivity contribution < 1.29 is 4.74 Å². The molecule has 1 rings (SSSR count). The Hall–Kier alpha value is -0.450. The third-order valence-corrected chi connectivity index (χ3v) is 3.78. The average Bonchev–Trinajstić information content (AvgIpc) is 2.62. The number of nitrogens with one attached hydrogen (secondary N) is 1. The SMILES string of the molecule is CCC(C)c1nc(COC)c(CNC)s1. The number of thiazole rings is 1. The van der Waals surface area contributed by atoms with Crippen molar-refractivity contribution in [2.75, 3.05) is 14.2 Å². The van der Waals surface area contributed by atoms with Gasteiger partial charge in [0.05, 0.1) is 17.3 Å². The Labute approximate surface area is 95.9 Å². The van der Waals surface area contributed by atoms with Crippen LogP contribution in [0.15, 0.2) is 0 Å². The summed E-state index contributed by atoms with van der Waals surface area (Å²) in [6.45, 7) is 5.91. The van der Waals surface area contributed by atoms with Crippen LogP contribution in [0.2, 0.25) is 0 Å². The van der Waals surface area contributed by atoms with Crippen LogP contribution in [0.1, 0.15) is 41.8 Å². The van der Waals surface area contributed by atoms with E-state index in [1.165, 1.54) is 9.88 Å². The van der Waals surface area contributed by atoms with E-state index in [4.69, 9.17) is 4.74 Å². The van der Waals surface area contributed by atoms with Crippen LogP contribution in [0.5, 0.6) is 0 Å². The van der Waals surface area contributed by atoms with Crippen molar-refractivity contribution in [1.29, 1.82) is 0 Å². The van der Waals surface area contributed by atoms with Crippen LogP contribution in [0.3, 0.4) is 0 Å². The molecule has 0 radical (unpaired) electrons. The molecule has 1 atom stereocenters. The van der Waals surface area contributed by atoms with Crippen molar-refractivity contribution in [3.8, 4) is 0 Å². The fraction of sp³-hybridized carbons (Fsp3) is 0.727. The van der Waals surface area contributed by atoms with Gasteiger partial charge >= 0.3 is 0 Å². The van der Waals surface area contributed by atoms with Crippen LogP contribution < -0.4 is 5.32 Å². The Morgan fingerprint density at radius 2 is 2.27 bits per heavy atom. The van der Waals surface area contributed by atoms with Gasteiger partial charge in [-0.25, -0.2) is 4.98 Å². The Morgan fingerprint density at radius 3 is 2.80 bits per heavy atom. The Balaban J connectivity index is 2.87. The van der Waals surface area contributed by atoms with Gasteiger partial charge in [-0.15, -0.1) is 11.3 Å². The molecule has 0 aliphatic heterocycles. The average molecular weight is 228 g/mol. The lowest BCUT2D eigenvalue weighted by molar-refractivity contribution is 0.181. The first-order valence-corrected chi connectivity index (χ1v) is 6.16. The summed E-state index contributed by atoms with van der Waals surface area (Å²) in [5.41, 5.74) is 1.09. The summed E-state index contributed by atoms with van der Waals surface area (Å²) in [5, 5.41) is 4.40. The lowest BCUT2D eigenvalue weighted by atomic mass is 10.1. The third kappa shape index (κ3) is 3.26. The van der Waals surface area contributed by atoms with Gasteiger partial charge in [-0.3, -0.25) is 0 Å². The summed E-state index contributed by atoms with van der Waals surface area (Å²) in [4.78, 5) is 5.94. The monoisotopic (exact) mass is 228 g/mol. The highest BCUT2D eigenvalue weighted by Crippen LogP contribution is 2.27. The second kappa shape index (κ2) is 6.20. The standard InChI is InChI=1S/C11H20N2OS/c1-5-8(2)11-13-9(7-14-4)10(15-11)6-12-3/h8,12H,5-7H2,1-4H3. The maximum absolute atomic E-state index is 5.16. The summed E-state index contributed by atoms with van der Waals surface area (Å²) in [7, 11) is 3.67. The minimum Gasteiger partial charge on any atom is -0.378 e. The first kappa shape index (κ1) is 12.6. The minimum absolute atomic E-state index is 0.552. The largest absolute Gasteiger partial charge is 0.378 e. The highest BCUT2D eigenvalue weighted by atomic mass is 32.1. The van der Waals surface area contributed by atoms with Gasteiger partial charge < -0.3 is 10.1 Å². The van der Waals surface area contributed by atoms with Crippen molar-refractivity contribution in [2.45, 2.75) is 39.3 Å². The van der Waals surface area contributed by atoms with Gasteiger partial charge in [0.15, 0.2) is 0 Å². The van der Waals surface area contributed by atoms with Gasteiger partial charge in [-0.2, -0.15) is 0 Å². The number of rotatable bonds is 6. The maximum atomic E-state index is 5.16. The molecule has 86 valence electrons. The molecular weight excluding hydrogens is 208 g/mol. The molecule has 0 bridgehead atoms. The van der Waals surface area contributed by atoms with Crippen molar-refractivity contribution >= 4 is 11.3 Å². The Morgan fingerprint density at radius 1 is 1.53 bits per heavy atom. The zero-order chi connectivity index (χ0) is 11.3. The summed E-state index contributed by atoms with van der Waals surface area (Å²) >= 11 is 1.80. The van der Waals surface area contributed by atoms with E-state index in [1.807, 2.05) is 7.05 Å². The molecule has 0 spiro atoms. The molecule has 0 fully saturated rings. The predicted octanol–water partition coefficient (Wildman–Crippen LogP) is 2.52. The first-order chi connectivity index (χ1) is 7.22. The molecule has 0 saturated heterocycles. The van der Waals surface area contributed by atoms with Crippen molar-refractivity contribution in [3.63, 3.8) is 0 Å².